The summed E-state index contributed by atoms with van der Waals surface area (Å²) in [7, 11) is 3.28. The van der Waals surface area contributed by atoms with E-state index in [4.69, 9.17) is 9.47 Å². The van der Waals surface area contributed by atoms with Crippen LogP contribution in [0.5, 0.6) is 17.4 Å². The van der Waals surface area contributed by atoms with Gasteiger partial charge in [0.25, 0.3) is 0 Å². The number of ether oxygens (including phenoxy) is 2. The summed E-state index contributed by atoms with van der Waals surface area (Å²) in [6.07, 6.45) is 1.47. The van der Waals surface area contributed by atoms with Gasteiger partial charge in [-0.1, -0.05) is 11.3 Å². The molecular weight excluding hydrogens is 378 g/mol. The molecule has 0 amide bonds. The SMILES string of the molecule is CC[NH+]1CC[NH+]([C@@H](c2ccc(OC)c(OC)c2)c2sc3ncnn3c2O)CC1. The molecule has 3 heterocycles. The Morgan fingerprint density at radius 1 is 1.18 bits per heavy atom. The number of thiazole rings is 1. The number of fused-ring (bicyclic) bond motifs is 1. The molecule has 0 unspecified atom stereocenters. The Labute approximate surface area is 167 Å². The van der Waals surface area contributed by atoms with Crippen LogP contribution in [0.4, 0.5) is 0 Å². The highest BCUT2D eigenvalue weighted by atomic mass is 32.1. The lowest BCUT2D eigenvalue weighted by atomic mass is 10.0. The summed E-state index contributed by atoms with van der Waals surface area (Å²) in [6.45, 7) is 7.70. The third-order valence-electron chi connectivity index (χ3n) is 5.65. The van der Waals surface area contributed by atoms with Crippen molar-refractivity contribution < 1.29 is 24.4 Å². The van der Waals surface area contributed by atoms with E-state index in [1.807, 2.05) is 12.1 Å². The molecule has 1 aliphatic heterocycles. The Bertz CT molecular complexity index is 948. The van der Waals surface area contributed by atoms with Crippen molar-refractivity contribution in [3.8, 4) is 17.4 Å². The molecule has 0 aliphatic carbocycles. The molecule has 4 rings (SSSR count). The van der Waals surface area contributed by atoms with Crippen molar-refractivity contribution in [1.29, 1.82) is 0 Å². The lowest BCUT2D eigenvalue weighted by Crippen LogP contribution is -3.28. The zero-order valence-corrected chi connectivity index (χ0v) is 17.3. The minimum atomic E-state index is -0.00767. The second-order valence-electron chi connectivity index (χ2n) is 7.05. The summed E-state index contributed by atoms with van der Waals surface area (Å²) in [5.74, 6) is 1.57. The van der Waals surface area contributed by atoms with Gasteiger partial charge in [-0.3, -0.25) is 0 Å². The topological polar surface area (TPSA) is 77.8 Å². The average molecular weight is 406 g/mol. The Balaban J connectivity index is 1.77. The summed E-state index contributed by atoms with van der Waals surface area (Å²) in [6, 6.07) is 6.01. The Morgan fingerprint density at radius 2 is 1.93 bits per heavy atom. The molecule has 8 nitrogen and oxygen atoms in total. The van der Waals surface area contributed by atoms with Crippen LogP contribution < -0.4 is 19.3 Å². The van der Waals surface area contributed by atoms with Crippen molar-refractivity contribution in [2.45, 2.75) is 13.0 Å². The van der Waals surface area contributed by atoms with E-state index in [1.54, 1.807) is 19.1 Å². The van der Waals surface area contributed by atoms with Crippen molar-refractivity contribution >= 4 is 16.3 Å². The molecular formula is C19H27N5O3S+2. The number of hydrogen-bond acceptors (Lipinski definition) is 6. The molecule has 28 heavy (non-hydrogen) atoms. The van der Waals surface area contributed by atoms with E-state index in [-0.39, 0.29) is 11.9 Å². The molecule has 9 heteroatoms. The molecule has 1 aromatic carbocycles. The Morgan fingerprint density at radius 3 is 2.57 bits per heavy atom. The number of piperazine rings is 1. The van der Waals surface area contributed by atoms with Gasteiger partial charge in [-0.25, -0.2) is 4.98 Å². The van der Waals surface area contributed by atoms with E-state index in [1.165, 1.54) is 27.1 Å². The largest absolute Gasteiger partial charge is 0.493 e. The molecule has 3 aromatic rings. The van der Waals surface area contributed by atoms with E-state index in [0.29, 0.717) is 16.5 Å². The number of hydrogen-bond donors (Lipinski definition) is 3. The third-order valence-corrected chi connectivity index (χ3v) is 6.75. The summed E-state index contributed by atoms with van der Waals surface area (Å²) in [4.78, 5) is 8.91. The van der Waals surface area contributed by atoms with Crippen molar-refractivity contribution in [3.05, 3.63) is 35.0 Å². The number of nitrogens with one attached hydrogen (secondary N) is 2. The molecule has 0 spiro atoms. The molecule has 0 radical (unpaired) electrons. The summed E-state index contributed by atoms with van der Waals surface area (Å²) in [5.41, 5.74) is 1.09. The van der Waals surface area contributed by atoms with Crippen LogP contribution in [0.2, 0.25) is 0 Å². The van der Waals surface area contributed by atoms with Crippen LogP contribution >= 0.6 is 11.3 Å². The second kappa shape index (κ2) is 7.94. The summed E-state index contributed by atoms with van der Waals surface area (Å²) >= 11 is 1.50. The molecule has 0 bridgehead atoms. The van der Waals surface area contributed by atoms with Crippen molar-refractivity contribution in [1.82, 2.24) is 14.6 Å². The number of likely N-dealkylation sites (N-methyl/N-ethyl adjacent to an activating group) is 1. The first-order chi connectivity index (χ1) is 13.7. The van der Waals surface area contributed by atoms with Gasteiger partial charge < -0.3 is 24.4 Å². The van der Waals surface area contributed by atoms with E-state index in [9.17, 15) is 5.11 Å². The van der Waals surface area contributed by atoms with Crippen LogP contribution in [0.15, 0.2) is 24.5 Å². The van der Waals surface area contributed by atoms with Crippen LogP contribution in [0.1, 0.15) is 23.4 Å². The van der Waals surface area contributed by atoms with Crippen LogP contribution in [0.25, 0.3) is 4.96 Å². The van der Waals surface area contributed by atoms with Gasteiger partial charge in [0.1, 0.15) is 37.4 Å². The molecule has 150 valence electrons. The van der Waals surface area contributed by atoms with Gasteiger partial charge in [-0.05, 0) is 25.1 Å². The van der Waals surface area contributed by atoms with Crippen LogP contribution in [0, 0.1) is 0 Å². The summed E-state index contributed by atoms with van der Waals surface area (Å²) in [5, 5.41) is 15.0. The summed E-state index contributed by atoms with van der Waals surface area (Å²) < 4.78 is 12.5. The molecule has 1 aliphatic rings. The van der Waals surface area contributed by atoms with Crippen molar-refractivity contribution in [3.63, 3.8) is 0 Å². The minimum absolute atomic E-state index is 0.00767. The zero-order chi connectivity index (χ0) is 19.7. The maximum atomic E-state index is 10.9. The van der Waals surface area contributed by atoms with E-state index < -0.39 is 0 Å². The van der Waals surface area contributed by atoms with Crippen molar-refractivity contribution in [2.24, 2.45) is 0 Å². The molecule has 1 atom stereocenters. The molecule has 3 N–H and O–H groups in total. The van der Waals surface area contributed by atoms with Gasteiger partial charge >= 0.3 is 0 Å². The lowest BCUT2D eigenvalue weighted by molar-refractivity contribution is -1.02. The van der Waals surface area contributed by atoms with Gasteiger partial charge in [0, 0.05) is 5.56 Å². The van der Waals surface area contributed by atoms with Crippen LogP contribution in [0.3, 0.4) is 0 Å². The zero-order valence-electron chi connectivity index (χ0n) is 16.4. The van der Waals surface area contributed by atoms with E-state index in [2.05, 4.69) is 23.1 Å². The maximum Gasteiger partial charge on any atom is 0.235 e. The number of methoxy groups -OCH3 is 2. The first-order valence-electron chi connectivity index (χ1n) is 9.57. The van der Waals surface area contributed by atoms with Gasteiger partial charge in [0.2, 0.25) is 10.8 Å². The predicted octanol–water partition coefficient (Wildman–Crippen LogP) is -0.594. The normalized spacial score (nSPS) is 21.0. The van der Waals surface area contributed by atoms with Gasteiger partial charge in [-0.2, -0.15) is 9.61 Å². The molecule has 1 fully saturated rings. The highest BCUT2D eigenvalue weighted by Gasteiger charge is 2.36. The average Bonchev–Trinajstić information content (AvgIpc) is 3.32. The number of rotatable bonds is 6. The number of nitrogens with zero attached hydrogens (tertiary/aromatic N) is 3. The molecule has 0 saturated carbocycles. The fourth-order valence-electron chi connectivity index (χ4n) is 4.05. The number of aromatic nitrogens is 3. The van der Waals surface area contributed by atoms with E-state index >= 15 is 0 Å². The van der Waals surface area contributed by atoms with Gasteiger partial charge in [0.05, 0.1) is 20.8 Å². The third kappa shape index (κ3) is 3.30. The van der Waals surface area contributed by atoms with Crippen LogP contribution in [-0.2, 0) is 0 Å². The number of quaternary nitrogens is 2. The Hall–Kier alpha value is -2.36. The van der Waals surface area contributed by atoms with Gasteiger partial charge in [0.15, 0.2) is 17.5 Å². The highest BCUT2D eigenvalue weighted by molar-refractivity contribution is 7.17. The fourth-order valence-corrected chi connectivity index (χ4v) is 5.17. The van der Waals surface area contributed by atoms with E-state index in [0.717, 1.165) is 43.2 Å². The first kappa shape index (κ1) is 19.0. The van der Waals surface area contributed by atoms with Crippen molar-refractivity contribution in [2.75, 3.05) is 46.9 Å². The predicted molar refractivity (Wildman–Crippen MR) is 106 cm³/mol. The van der Waals surface area contributed by atoms with Crippen LogP contribution in [-0.4, -0.2) is 66.6 Å². The number of benzene rings is 1. The minimum Gasteiger partial charge on any atom is -0.493 e. The second-order valence-corrected chi connectivity index (χ2v) is 8.06. The first-order valence-corrected chi connectivity index (χ1v) is 10.4. The Kier molecular flexibility index (Phi) is 5.38. The monoisotopic (exact) mass is 405 g/mol. The van der Waals surface area contributed by atoms with Gasteiger partial charge in [-0.15, -0.1) is 0 Å². The highest BCUT2D eigenvalue weighted by Crippen LogP contribution is 2.37. The standard InChI is InChI=1S/C19H25N5O3S/c1-4-22-7-9-23(10-8-22)16(13-5-6-14(26-2)15(11-13)27-3)17-18(25)24-19(28-17)20-12-21-24/h5-6,11-12,16,25H,4,7-10H2,1-3H3/p+2/t16-/m0/s1. The smallest absolute Gasteiger partial charge is 0.235 e. The molecule has 2 aromatic heterocycles. The maximum absolute atomic E-state index is 10.9. The molecule has 1 saturated heterocycles. The fraction of sp³-hybridized carbons (Fsp3) is 0.474. The number of aromatic hydroxyl groups is 1. The lowest BCUT2D eigenvalue weighted by Gasteiger charge is -2.34. The quantitative estimate of drug-likeness (QED) is 0.511.